The normalized spacial score (nSPS) is 11.1. The number of rotatable bonds is 6. The molecule has 0 fully saturated rings. The van der Waals surface area contributed by atoms with Crippen molar-refractivity contribution >= 4 is 17.7 Å². The lowest BCUT2D eigenvalue weighted by molar-refractivity contribution is -0.123. The van der Waals surface area contributed by atoms with Gasteiger partial charge >= 0.3 is 0 Å². The monoisotopic (exact) mass is 277 g/mol. The summed E-state index contributed by atoms with van der Waals surface area (Å²) in [4.78, 5) is 15.0. The number of carbonyl (C=O) groups excluding carboxylic acids is 1. The molecule has 20 heavy (non-hydrogen) atoms. The van der Waals surface area contributed by atoms with Crippen LogP contribution in [0.2, 0.25) is 0 Å². The van der Waals surface area contributed by atoms with Gasteiger partial charge in [-0.05, 0) is 37.9 Å². The lowest BCUT2D eigenvalue weighted by atomic mass is 10.1. The number of benzene rings is 1. The maximum absolute atomic E-state index is 11.5. The maximum atomic E-state index is 11.5. The van der Waals surface area contributed by atoms with Crippen molar-refractivity contribution in [3.63, 3.8) is 0 Å². The van der Waals surface area contributed by atoms with Gasteiger partial charge in [-0.2, -0.15) is 0 Å². The Morgan fingerprint density at radius 3 is 2.55 bits per heavy atom. The molecule has 5 nitrogen and oxygen atoms in total. The van der Waals surface area contributed by atoms with Crippen molar-refractivity contribution in [1.29, 1.82) is 0 Å². The highest BCUT2D eigenvalue weighted by molar-refractivity contribution is 5.91. The van der Waals surface area contributed by atoms with Gasteiger partial charge in [-0.25, -0.2) is 0 Å². The summed E-state index contributed by atoms with van der Waals surface area (Å²) in [6.07, 6.45) is 3.25. The van der Waals surface area contributed by atoms with Crippen molar-refractivity contribution in [2.24, 2.45) is 0 Å². The Hall–Kier alpha value is -2.01. The molecule has 0 unspecified atom stereocenters. The summed E-state index contributed by atoms with van der Waals surface area (Å²) in [7, 11) is 7.40. The molecule has 0 aliphatic heterocycles. The number of amides is 1. The fourth-order valence-electron chi connectivity index (χ4n) is 1.46. The van der Waals surface area contributed by atoms with Crippen molar-refractivity contribution in [2.75, 3.05) is 47.1 Å². The minimum atomic E-state index is -0.0603. The number of nitrogens with zero attached hydrogens (tertiary/aromatic N) is 2. The third kappa shape index (κ3) is 5.32. The fourth-order valence-corrected chi connectivity index (χ4v) is 1.46. The van der Waals surface area contributed by atoms with E-state index >= 15 is 0 Å². The Bertz CT molecular complexity index is 482. The fraction of sp³-hybridized carbons (Fsp3) is 0.400. The van der Waals surface area contributed by atoms with Crippen molar-refractivity contribution in [3.8, 4) is 5.75 Å². The summed E-state index contributed by atoms with van der Waals surface area (Å²) in [5, 5.41) is 0. The predicted molar refractivity (Wildman–Crippen MR) is 82.6 cm³/mol. The molecule has 0 bridgehead atoms. The first kappa shape index (κ1) is 16.0. The first-order valence-corrected chi connectivity index (χ1v) is 6.46. The van der Waals surface area contributed by atoms with Crippen molar-refractivity contribution in [3.05, 3.63) is 29.8 Å². The van der Waals surface area contributed by atoms with E-state index in [1.54, 1.807) is 26.2 Å². The van der Waals surface area contributed by atoms with Crippen LogP contribution in [0.4, 0.5) is 5.69 Å². The van der Waals surface area contributed by atoms with Gasteiger partial charge in [-0.3, -0.25) is 4.79 Å². The zero-order chi connectivity index (χ0) is 15.1. The quantitative estimate of drug-likeness (QED) is 0.629. The molecule has 0 aliphatic rings. The molecule has 1 aromatic carbocycles. The van der Waals surface area contributed by atoms with E-state index in [0.29, 0.717) is 18.0 Å². The highest BCUT2D eigenvalue weighted by atomic mass is 16.5. The molecule has 0 spiro atoms. The Labute approximate surface area is 120 Å². The van der Waals surface area contributed by atoms with Crippen LogP contribution in [0, 0.1) is 0 Å². The van der Waals surface area contributed by atoms with Crippen molar-refractivity contribution < 1.29 is 9.53 Å². The summed E-state index contributed by atoms with van der Waals surface area (Å²) in [5.74, 6) is 0.609. The number of nitrogen functional groups attached to an aromatic ring is 1. The molecule has 2 N–H and O–H groups in total. The van der Waals surface area contributed by atoms with E-state index in [1.165, 1.54) is 11.0 Å². The van der Waals surface area contributed by atoms with Crippen LogP contribution in [0.15, 0.2) is 24.3 Å². The van der Waals surface area contributed by atoms with Gasteiger partial charge < -0.3 is 20.3 Å². The van der Waals surface area contributed by atoms with Crippen LogP contribution in [-0.4, -0.2) is 57.0 Å². The van der Waals surface area contributed by atoms with Gasteiger partial charge in [0, 0.05) is 26.7 Å². The minimum Gasteiger partial charge on any atom is -0.490 e. The topological polar surface area (TPSA) is 58.8 Å². The molecule has 5 heteroatoms. The molecule has 0 saturated carbocycles. The number of hydrogen-bond acceptors (Lipinski definition) is 4. The van der Waals surface area contributed by atoms with Gasteiger partial charge in [0.1, 0.15) is 12.4 Å². The predicted octanol–water partition coefficient (Wildman–Crippen LogP) is 1.31. The number of likely N-dealkylation sites (N-methyl/N-ethyl adjacent to an activating group) is 2. The highest BCUT2D eigenvalue weighted by Crippen LogP contribution is 2.23. The van der Waals surface area contributed by atoms with Crippen LogP contribution in [0.1, 0.15) is 5.56 Å². The average molecular weight is 277 g/mol. The Kier molecular flexibility index (Phi) is 6.06. The average Bonchev–Trinajstić information content (AvgIpc) is 2.37. The van der Waals surface area contributed by atoms with Gasteiger partial charge in [0.2, 0.25) is 5.91 Å². The first-order chi connectivity index (χ1) is 9.40. The second-order valence-electron chi connectivity index (χ2n) is 5.01. The number of ether oxygens (including phenoxy) is 1. The number of nitrogens with two attached hydrogens (primary N) is 1. The second kappa shape index (κ2) is 7.55. The molecular weight excluding hydrogens is 254 g/mol. The Morgan fingerprint density at radius 2 is 2.00 bits per heavy atom. The molecule has 1 rings (SSSR count). The van der Waals surface area contributed by atoms with E-state index < -0.39 is 0 Å². The Morgan fingerprint density at radius 1 is 1.30 bits per heavy atom. The van der Waals surface area contributed by atoms with Crippen molar-refractivity contribution in [1.82, 2.24) is 9.80 Å². The van der Waals surface area contributed by atoms with Crippen LogP contribution in [-0.2, 0) is 4.79 Å². The van der Waals surface area contributed by atoms with E-state index in [2.05, 4.69) is 0 Å². The maximum Gasteiger partial charge on any atom is 0.246 e. The summed E-state index contributed by atoms with van der Waals surface area (Å²) in [6.45, 7) is 1.42. The van der Waals surface area contributed by atoms with E-state index in [9.17, 15) is 4.79 Å². The summed E-state index contributed by atoms with van der Waals surface area (Å²) in [6, 6.07) is 5.50. The van der Waals surface area contributed by atoms with Crippen LogP contribution < -0.4 is 10.5 Å². The minimum absolute atomic E-state index is 0.0603. The summed E-state index contributed by atoms with van der Waals surface area (Å²) < 4.78 is 5.60. The van der Waals surface area contributed by atoms with E-state index in [4.69, 9.17) is 10.5 Å². The van der Waals surface area contributed by atoms with E-state index in [0.717, 1.165) is 12.1 Å². The zero-order valence-electron chi connectivity index (χ0n) is 12.6. The summed E-state index contributed by atoms with van der Waals surface area (Å²) in [5.41, 5.74) is 7.38. The molecule has 0 aromatic heterocycles. The van der Waals surface area contributed by atoms with E-state index in [-0.39, 0.29) is 5.91 Å². The molecule has 0 aliphatic carbocycles. The number of anilines is 1. The van der Waals surface area contributed by atoms with Crippen LogP contribution in [0.5, 0.6) is 5.75 Å². The highest BCUT2D eigenvalue weighted by Gasteiger charge is 2.02. The second-order valence-corrected chi connectivity index (χ2v) is 5.01. The Balaban J connectivity index is 2.66. The molecule has 1 amide bonds. The zero-order valence-corrected chi connectivity index (χ0v) is 12.6. The molecule has 0 atom stereocenters. The standard InChI is InChI=1S/C15H23N3O2/c1-17(2)9-10-20-14-7-5-12(11-13(14)16)6-8-15(19)18(3)4/h5-8,11H,9-10,16H2,1-4H3/b8-6-. The van der Waals surface area contributed by atoms with Crippen LogP contribution in [0.3, 0.4) is 0 Å². The SMILES string of the molecule is CN(C)CCOc1ccc(/C=C\C(=O)N(C)C)cc1N. The lowest BCUT2D eigenvalue weighted by Crippen LogP contribution is -2.19. The lowest BCUT2D eigenvalue weighted by Gasteiger charge is -2.12. The van der Waals surface area contributed by atoms with Crippen LogP contribution >= 0.6 is 0 Å². The first-order valence-electron chi connectivity index (χ1n) is 6.46. The van der Waals surface area contributed by atoms with Gasteiger partial charge in [0.05, 0.1) is 5.69 Å². The largest absolute Gasteiger partial charge is 0.490 e. The smallest absolute Gasteiger partial charge is 0.246 e. The molecule has 0 radical (unpaired) electrons. The van der Waals surface area contributed by atoms with E-state index in [1.807, 2.05) is 31.1 Å². The third-order valence-electron chi connectivity index (χ3n) is 2.69. The van der Waals surface area contributed by atoms with Gasteiger partial charge in [-0.15, -0.1) is 0 Å². The van der Waals surface area contributed by atoms with Gasteiger partial charge in [0.15, 0.2) is 0 Å². The van der Waals surface area contributed by atoms with Crippen LogP contribution in [0.25, 0.3) is 6.08 Å². The van der Waals surface area contributed by atoms with Crippen molar-refractivity contribution in [2.45, 2.75) is 0 Å². The summed E-state index contributed by atoms with van der Waals surface area (Å²) >= 11 is 0. The molecule has 1 aromatic rings. The number of carbonyl (C=O) groups is 1. The number of hydrogen-bond donors (Lipinski definition) is 1. The third-order valence-corrected chi connectivity index (χ3v) is 2.69. The van der Waals surface area contributed by atoms with Gasteiger partial charge in [-0.1, -0.05) is 6.07 Å². The molecule has 0 heterocycles. The van der Waals surface area contributed by atoms with Gasteiger partial charge in [0.25, 0.3) is 0 Å². The molecule has 0 saturated heterocycles. The molecule has 110 valence electrons. The molecular formula is C15H23N3O2.